The average Bonchev–Trinajstić information content (AvgIpc) is 2.68. The molecule has 0 spiro atoms. The van der Waals surface area contributed by atoms with Crippen molar-refractivity contribution in [1.29, 1.82) is 0 Å². The van der Waals surface area contributed by atoms with Crippen molar-refractivity contribution in [2.24, 2.45) is 4.99 Å². The maximum atomic E-state index is 11.4. The summed E-state index contributed by atoms with van der Waals surface area (Å²) in [5.74, 6) is 1.07. The Hall–Kier alpha value is -2.08. The minimum atomic E-state index is 0.177. The lowest BCUT2D eigenvalue weighted by Gasteiger charge is -2.33. The van der Waals surface area contributed by atoms with Crippen molar-refractivity contribution in [1.82, 2.24) is 20.4 Å². The van der Waals surface area contributed by atoms with Crippen LogP contribution >= 0.6 is 0 Å². The molecule has 150 valence electrons. The van der Waals surface area contributed by atoms with Gasteiger partial charge in [-0.3, -0.25) is 14.7 Å². The predicted molar refractivity (Wildman–Crippen MR) is 112 cm³/mol. The molecule has 1 heterocycles. The van der Waals surface area contributed by atoms with Crippen LogP contribution in [0.2, 0.25) is 0 Å². The van der Waals surface area contributed by atoms with Gasteiger partial charge in [0, 0.05) is 52.2 Å². The second kappa shape index (κ2) is 11.6. The van der Waals surface area contributed by atoms with Crippen LogP contribution in [0.15, 0.2) is 35.3 Å². The van der Waals surface area contributed by atoms with Gasteiger partial charge in [0.05, 0.1) is 6.54 Å². The summed E-state index contributed by atoms with van der Waals surface area (Å²) >= 11 is 0. The summed E-state index contributed by atoms with van der Waals surface area (Å²) in [7, 11) is 0. The third-order valence-corrected chi connectivity index (χ3v) is 4.94. The first-order valence-corrected chi connectivity index (χ1v) is 10.1. The second-order valence-electron chi connectivity index (χ2n) is 7.18. The van der Waals surface area contributed by atoms with Gasteiger partial charge in [-0.2, -0.15) is 0 Å². The van der Waals surface area contributed by atoms with E-state index in [1.807, 2.05) is 4.90 Å². The van der Waals surface area contributed by atoms with Crippen LogP contribution in [0, 0.1) is 0 Å². The van der Waals surface area contributed by atoms with Gasteiger partial charge in [0.25, 0.3) is 0 Å². The van der Waals surface area contributed by atoms with E-state index in [2.05, 4.69) is 59.7 Å². The van der Waals surface area contributed by atoms with Gasteiger partial charge in [-0.1, -0.05) is 30.3 Å². The maximum Gasteiger partial charge on any atom is 0.219 e. The molecule has 0 aliphatic carbocycles. The number of aryl methyl sites for hydroxylation is 1. The first kappa shape index (κ1) is 21.2. The van der Waals surface area contributed by atoms with E-state index in [0.717, 1.165) is 64.6 Å². The van der Waals surface area contributed by atoms with E-state index >= 15 is 0 Å². The highest BCUT2D eigenvalue weighted by molar-refractivity contribution is 5.80. The standard InChI is InChI=1S/C21H35N5O/c1-4-22-21(24-18(2)10-11-20-8-6-5-7-9-20)23-12-13-25-14-16-26(17-15-25)19(3)27/h5-9,18H,4,10-17H2,1-3H3,(H2,22,23,24). The number of rotatable bonds is 8. The lowest BCUT2D eigenvalue weighted by atomic mass is 10.1. The Morgan fingerprint density at radius 2 is 1.89 bits per heavy atom. The van der Waals surface area contributed by atoms with Crippen molar-refractivity contribution in [3.05, 3.63) is 35.9 Å². The molecule has 6 nitrogen and oxygen atoms in total. The van der Waals surface area contributed by atoms with Gasteiger partial charge in [-0.15, -0.1) is 0 Å². The molecule has 0 aromatic heterocycles. The largest absolute Gasteiger partial charge is 0.357 e. The molecule has 1 aliphatic heterocycles. The van der Waals surface area contributed by atoms with Crippen LogP contribution in [0.5, 0.6) is 0 Å². The highest BCUT2D eigenvalue weighted by Crippen LogP contribution is 2.05. The fraction of sp³-hybridized carbons (Fsp3) is 0.619. The van der Waals surface area contributed by atoms with E-state index in [-0.39, 0.29) is 5.91 Å². The lowest BCUT2D eigenvalue weighted by molar-refractivity contribution is -0.130. The Balaban J connectivity index is 1.72. The SMILES string of the molecule is CCNC(=NCCN1CCN(C(C)=O)CC1)NC(C)CCc1ccccc1. The molecule has 27 heavy (non-hydrogen) atoms. The summed E-state index contributed by atoms with van der Waals surface area (Å²) in [5, 5.41) is 6.85. The van der Waals surface area contributed by atoms with E-state index in [4.69, 9.17) is 4.99 Å². The number of aliphatic imine (C=N–C) groups is 1. The molecule has 1 aromatic carbocycles. The number of carbonyl (C=O) groups is 1. The van der Waals surface area contributed by atoms with Crippen molar-refractivity contribution in [2.45, 2.75) is 39.7 Å². The number of nitrogens with one attached hydrogen (secondary N) is 2. The number of benzene rings is 1. The van der Waals surface area contributed by atoms with Crippen molar-refractivity contribution < 1.29 is 4.79 Å². The highest BCUT2D eigenvalue weighted by atomic mass is 16.2. The van der Waals surface area contributed by atoms with Gasteiger partial charge in [-0.05, 0) is 32.3 Å². The quantitative estimate of drug-likeness (QED) is 0.538. The predicted octanol–water partition coefficient (Wildman–Crippen LogP) is 1.73. The van der Waals surface area contributed by atoms with Crippen molar-refractivity contribution >= 4 is 11.9 Å². The maximum absolute atomic E-state index is 11.4. The molecule has 1 aliphatic rings. The number of hydrogen-bond donors (Lipinski definition) is 2. The van der Waals surface area contributed by atoms with Crippen molar-refractivity contribution in [3.8, 4) is 0 Å². The number of guanidine groups is 1. The van der Waals surface area contributed by atoms with Crippen LogP contribution in [0.4, 0.5) is 0 Å². The molecule has 1 unspecified atom stereocenters. The molecule has 2 N–H and O–H groups in total. The third-order valence-electron chi connectivity index (χ3n) is 4.94. The molecule has 1 fully saturated rings. The molecular formula is C21H35N5O. The summed E-state index contributed by atoms with van der Waals surface area (Å²) in [6.07, 6.45) is 2.14. The molecule has 1 atom stereocenters. The number of carbonyl (C=O) groups excluding carboxylic acids is 1. The van der Waals surface area contributed by atoms with E-state index in [1.54, 1.807) is 6.92 Å². The average molecular weight is 374 g/mol. The highest BCUT2D eigenvalue weighted by Gasteiger charge is 2.17. The van der Waals surface area contributed by atoms with Crippen LogP contribution in [-0.2, 0) is 11.2 Å². The lowest BCUT2D eigenvalue weighted by Crippen LogP contribution is -2.48. The molecule has 1 aromatic rings. The summed E-state index contributed by atoms with van der Waals surface area (Å²) < 4.78 is 0. The first-order chi connectivity index (χ1) is 13.1. The van der Waals surface area contributed by atoms with Gasteiger partial charge in [0.2, 0.25) is 5.91 Å². The molecule has 0 bridgehead atoms. The van der Waals surface area contributed by atoms with Crippen LogP contribution in [0.3, 0.4) is 0 Å². The fourth-order valence-corrected chi connectivity index (χ4v) is 3.24. The van der Waals surface area contributed by atoms with Crippen molar-refractivity contribution in [2.75, 3.05) is 45.8 Å². The molecule has 0 saturated carbocycles. The van der Waals surface area contributed by atoms with Gasteiger partial charge >= 0.3 is 0 Å². The Labute approximate surface area is 164 Å². The minimum absolute atomic E-state index is 0.177. The fourth-order valence-electron chi connectivity index (χ4n) is 3.24. The number of amides is 1. The molecule has 1 saturated heterocycles. The van der Waals surface area contributed by atoms with E-state index in [0.29, 0.717) is 6.04 Å². The van der Waals surface area contributed by atoms with Gasteiger partial charge in [0.15, 0.2) is 5.96 Å². The normalized spacial score (nSPS) is 16.9. The zero-order chi connectivity index (χ0) is 19.5. The zero-order valence-electron chi connectivity index (χ0n) is 17.1. The Morgan fingerprint density at radius 1 is 1.19 bits per heavy atom. The van der Waals surface area contributed by atoms with E-state index < -0.39 is 0 Å². The van der Waals surface area contributed by atoms with Gasteiger partial charge in [0.1, 0.15) is 0 Å². The number of piperazine rings is 1. The Morgan fingerprint density at radius 3 is 2.52 bits per heavy atom. The summed E-state index contributed by atoms with van der Waals surface area (Å²) in [6.45, 7) is 12.0. The van der Waals surface area contributed by atoms with Crippen LogP contribution < -0.4 is 10.6 Å². The smallest absolute Gasteiger partial charge is 0.219 e. The van der Waals surface area contributed by atoms with Gasteiger partial charge in [-0.25, -0.2) is 0 Å². The summed E-state index contributed by atoms with van der Waals surface area (Å²) in [4.78, 5) is 20.4. The zero-order valence-corrected chi connectivity index (χ0v) is 17.1. The molecular weight excluding hydrogens is 338 g/mol. The molecule has 1 amide bonds. The Bertz CT molecular complexity index is 581. The number of hydrogen-bond acceptors (Lipinski definition) is 3. The van der Waals surface area contributed by atoms with Gasteiger partial charge < -0.3 is 15.5 Å². The summed E-state index contributed by atoms with van der Waals surface area (Å²) in [5.41, 5.74) is 1.37. The number of nitrogens with zero attached hydrogens (tertiary/aromatic N) is 3. The monoisotopic (exact) mass is 373 g/mol. The minimum Gasteiger partial charge on any atom is -0.357 e. The van der Waals surface area contributed by atoms with Crippen LogP contribution in [0.1, 0.15) is 32.8 Å². The molecule has 2 rings (SSSR count). The second-order valence-corrected chi connectivity index (χ2v) is 7.18. The van der Waals surface area contributed by atoms with Crippen LogP contribution in [0.25, 0.3) is 0 Å². The van der Waals surface area contributed by atoms with Crippen LogP contribution in [-0.4, -0.2) is 73.5 Å². The van der Waals surface area contributed by atoms with E-state index in [9.17, 15) is 4.79 Å². The van der Waals surface area contributed by atoms with Crippen molar-refractivity contribution in [3.63, 3.8) is 0 Å². The Kier molecular flexibility index (Phi) is 9.11. The topological polar surface area (TPSA) is 60.0 Å². The molecule has 6 heteroatoms. The summed E-state index contributed by atoms with van der Waals surface area (Å²) in [6, 6.07) is 11.0. The third kappa shape index (κ3) is 7.99. The van der Waals surface area contributed by atoms with E-state index in [1.165, 1.54) is 5.56 Å². The molecule has 0 radical (unpaired) electrons. The first-order valence-electron chi connectivity index (χ1n) is 10.1.